The highest BCUT2D eigenvalue weighted by Gasteiger charge is 2.46. The van der Waals surface area contributed by atoms with E-state index in [1.807, 2.05) is 61.5 Å². The number of fused-ring (bicyclic) bond motifs is 1. The fourth-order valence-corrected chi connectivity index (χ4v) is 5.24. The van der Waals surface area contributed by atoms with E-state index in [9.17, 15) is 5.11 Å². The van der Waals surface area contributed by atoms with Gasteiger partial charge in [0.05, 0.1) is 32.0 Å². The van der Waals surface area contributed by atoms with Crippen LogP contribution in [-0.2, 0) is 22.5 Å². The van der Waals surface area contributed by atoms with Crippen LogP contribution in [0.15, 0.2) is 59.6 Å². The summed E-state index contributed by atoms with van der Waals surface area (Å²) in [6, 6.07) is 18.1. The Morgan fingerprint density at radius 3 is 2.56 bits per heavy atom. The number of rotatable bonds is 8. The molecule has 0 aliphatic carbocycles. The molecule has 6 nitrogen and oxygen atoms in total. The molecule has 0 amide bonds. The van der Waals surface area contributed by atoms with E-state index in [1.165, 1.54) is 5.56 Å². The summed E-state index contributed by atoms with van der Waals surface area (Å²) < 4.78 is 17.9. The Hall–Kier alpha value is -2.06. The van der Waals surface area contributed by atoms with E-state index in [2.05, 4.69) is 12.1 Å². The zero-order valence-electron chi connectivity index (χ0n) is 18.9. The normalized spacial score (nSPS) is 25.7. The summed E-state index contributed by atoms with van der Waals surface area (Å²) in [4.78, 5) is 6.88. The Kier molecular flexibility index (Phi) is 7.73. The quantitative estimate of drug-likeness (QED) is 0.653. The second kappa shape index (κ2) is 10.7. The fourth-order valence-electron chi connectivity index (χ4n) is 4.06. The Balaban J connectivity index is 1.40. The highest BCUT2D eigenvalue weighted by molar-refractivity contribution is 8.14. The van der Waals surface area contributed by atoms with Crippen LogP contribution < -0.4 is 4.74 Å². The van der Waals surface area contributed by atoms with Gasteiger partial charge in [-0.3, -0.25) is 4.99 Å². The molecule has 2 aliphatic rings. The number of aliphatic hydroxyl groups excluding tert-OH is 1. The van der Waals surface area contributed by atoms with E-state index in [0.717, 1.165) is 22.9 Å². The minimum Gasteiger partial charge on any atom is -0.497 e. The SMILES string of the molecule is COc1ccc(CCC(O)C2CC(OCc3ccccc3)C3N=C(N(C)C)SC3O2)cc1. The van der Waals surface area contributed by atoms with Gasteiger partial charge in [0, 0.05) is 20.5 Å². The second-order valence-corrected chi connectivity index (χ2v) is 9.55. The van der Waals surface area contributed by atoms with E-state index < -0.39 is 6.10 Å². The lowest BCUT2D eigenvalue weighted by atomic mass is 9.94. The van der Waals surface area contributed by atoms with Gasteiger partial charge in [-0.15, -0.1) is 0 Å². The van der Waals surface area contributed by atoms with Crippen LogP contribution in [0, 0.1) is 0 Å². The minimum atomic E-state index is -0.565. The monoisotopic (exact) mass is 456 g/mol. The molecule has 1 saturated heterocycles. The first kappa shape index (κ1) is 23.1. The fraction of sp³-hybridized carbons (Fsp3) is 0.480. The van der Waals surface area contributed by atoms with Crippen LogP contribution in [0.4, 0.5) is 0 Å². The third kappa shape index (κ3) is 5.64. The Morgan fingerprint density at radius 2 is 1.88 bits per heavy atom. The highest BCUT2D eigenvalue weighted by atomic mass is 32.2. The molecule has 4 rings (SSSR count). The predicted octanol–water partition coefficient (Wildman–Crippen LogP) is 3.72. The van der Waals surface area contributed by atoms with E-state index in [-0.39, 0.29) is 23.7 Å². The third-order valence-corrected chi connectivity index (χ3v) is 7.22. The number of benzene rings is 2. The number of thioether (sulfide) groups is 1. The number of methoxy groups -OCH3 is 1. The molecule has 2 aliphatic heterocycles. The summed E-state index contributed by atoms with van der Waals surface area (Å²) in [6.07, 6.45) is 1.10. The topological polar surface area (TPSA) is 63.5 Å². The Bertz CT molecular complexity index is 891. The summed E-state index contributed by atoms with van der Waals surface area (Å²) in [5.41, 5.74) is 2.17. The van der Waals surface area contributed by atoms with Gasteiger partial charge in [0.2, 0.25) is 0 Å². The van der Waals surface area contributed by atoms with Gasteiger partial charge >= 0.3 is 0 Å². The first-order valence-corrected chi connectivity index (χ1v) is 11.9. The Labute approximate surface area is 194 Å². The van der Waals surface area contributed by atoms with Crippen molar-refractivity contribution < 1.29 is 19.3 Å². The molecule has 32 heavy (non-hydrogen) atoms. The minimum absolute atomic E-state index is 0.0637. The third-order valence-electron chi connectivity index (χ3n) is 5.92. The maximum absolute atomic E-state index is 11.0. The van der Waals surface area contributed by atoms with Crippen molar-refractivity contribution in [2.24, 2.45) is 4.99 Å². The van der Waals surface area contributed by atoms with Crippen LogP contribution >= 0.6 is 11.8 Å². The van der Waals surface area contributed by atoms with E-state index in [0.29, 0.717) is 19.4 Å². The zero-order valence-corrected chi connectivity index (χ0v) is 19.7. The van der Waals surface area contributed by atoms with Crippen molar-refractivity contribution in [1.29, 1.82) is 0 Å². The average molecular weight is 457 g/mol. The molecule has 0 saturated carbocycles. The van der Waals surface area contributed by atoms with Crippen molar-refractivity contribution in [1.82, 2.24) is 4.90 Å². The Morgan fingerprint density at radius 1 is 1.12 bits per heavy atom. The van der Waals surface area contributed by atoms with Crippen molar-refractivity contribution in [2.75, 3.05) is 21.2 Å². The van der Waals surface area contributed by atoms with Crippen molar-refractivity contribution >= 4 is 16.9 Å². The largest absolute Gasteiger partial charge is 0.497 e. The van der Waals surface area contributed by atoms with Crippen molar-refractivity contribution in [3.8, 4) is 5.75 Å². The van der Waals surface area contributed by atoms with Gasteiger partial charge in [-0.05, 0) is 36.1 Å². The summed E-state index contributed by atoms with van der Waals surface area (Å²) in [5, 5.41) is 11.9. The molecular weight excluding hydrogens is 424 g/mol. The molecule has 0 aromatic heterocycles. The molecule has 5 unspecified atom stereocenters. The van der Waals surface area contributed by atoms with Gasteiger partial charge in [-0.2, -0.15) is 0 Å². The molecule has 2 aromatic carbocycles. The van der Waals surface area contributed by atoms with Gasteiger partial charge in [-0.1, -0.05) is 54.2 Å². The average Bonchev–Trinajstić information content (AvgIpc) is 3.27. The van der Waals surface area contributed by atoms with Gasteiger partial charge < -0.3 is 24.2 Å². The molecule has 1 N–H and O–H groups in total. The van der Waals surface area contributed by atoms with Crippen LogP contribution in [0.1, 0.15) is 24.0 Å². The van der Waals surface area contributed by atoms with E-state index >= 15 is 0 Å². The first-order chi connectivity index (χ1) is 15.5. The maximum atomic E-state index is 11.0. The molecule has 0 spiro atoms. The molecule has 2 heterocycles. The lowest BCUT2D eigenvalue weighted by Crippen LogP contribution is -2.49. The number of hydrogen-bond acceptors (Lipinski definition) is 7. The molecular formula is C25H32N2O4S. The van der Waals surface area contributed by atoms with Crippen LogP contribution in [-0.4, -0.2) is 66.2 Å². The number of aryl methyl sites for hydroxylation is 1. The number of aliphatic imine (C=N–C) groups is 1. The maximum Gasteiger partial charge on any atom is 0.161 e. The molecule has 7 heteroatoms. The summed E-state index contributed by atoms with van der Waals surface area (Å²) in [7, 11) is 5.64. The van der Waals surface area contributed by atoms with E-state index in [4.69, 9.17) is 19.2 Å². The van der Waals surface area contributed by atoms with Crippen molar-refractivity contribution in [2.45, 2.75) is 55.7 Å². The lowest BCUT2D eigenvalue weighted by molar-refractivity contribution is -0.136. The van der Waals surface area contributed by atoms with Gasteiger partial charge in [0.15, 0.2) is 5.17 Å². The number of hydrogen-bond donors (Lipinski definition) is 1. The molecule has 2 aromatic rings. The molecule has 0 bridgehead atoms. The van der Waals surface area contributed by atoms with Gasteiger partial charge in [-0.25, -0.2) is 0 Å². The van der Waals surface area contributed by atoms with Gasteiger partial charge in [0.1, 0.15) is 17.2 Å². The smallest absolute Gasteiger partial charge is 0.161 e. The summed E-state index contributed by atoms with van der Waals surface area (Å²) >= 11 is 1.62. The molecule has 172 valence electrons. The number of amidine groups is 1. The first-order valence-electron chi connectivity index (χ1n) is 11.1. The van der Waals surface area contributed by atoms with E-state index in [1.54, 1.807) is 18.9 Å². The number of ether oxygens (including phenoxy) is 3. The lowest BCUT2D eigenvalue weighted by Gasteiger charge is -2.38. The summed E-state index contributed by atoms with van der Waals surface area (Å²) in [6.45, 7) is 0.529. The number of nitrogens with zero attached hydrogens (tertiary/aromatic N) is 2. The summed E-state index contributed by atoms with van der Waals surface area (Å²) in [5.74, 6) is 0.837. The van der Waals surface area contributed by atoms with Gasteiger partial charge in [0.25, 0.3) is 0 Å². The van der Waals surface area contributed by atoms with Crippen LogP contribution in [0.3, 0.4) is 0 Å². The van der Waals surface area contributed by atoms with Crippen LogP contribution in [0.2, 0.25) is 0 Å². The van der Waals surface area contributed by atoms with Crippen molar-refractivity contribution in [3.05, 3.63) is 65.7 Å². The van der Waals surface area contributed by atoms with Crippen LogP contribution in [0.25, 0.3) is 0 Å². The molecule has 1 fully saturated rings. The predicted molar refractivity (Wildman–Crippen MR) is 128 cm³/mol. The van der Waals surface area contributed by atoms with Crippen LogP contribution in [0.5, 0.6) is 5.75 Å². The standard InChI is InChI=1S/C25H32N2O4S/c1-27(2)25-26-23-22(30-16-18-7-5-4-6-8-18)15-21(31-24(23)32-25)20(28)14-11-17-9-12-19(29-3)13-10-17/h4-10,12-13,20-24,28H,11,14-16H2,1-3H3. The number of aliphatic hydroxyl groups is 1. The highest BCUT2D eigenvalue weighted by Crippen LogP contribution is 2.39. The zero-order chi connectivity index (χ0) is 22.5. The second-order valence-electron chi connectivity index (χ2n) is 8.48. The molecule has 0 radical (unpaired) electrons. The van der Waals surface area contributed by atoms with Crippen molar-refractivity contribution in [3.63, 3.8) is 0 Å². The molecule has 5 atom stereocenters.